The van der Waals surface area contributed by atoms with Crippen molar-refractivity contribution in [1.29, 1.82) is 0 Å². The number of amides is 1. The molecule has 0 spiro atoms. The number of carbonyl (C=O) groups excluding carboxylic acids is 2. The molecule has 0 aliphatic carbocycles. The van der Waals surface area contributed by atoms with Crippen LogP contribution in [-0.2, 0) is 16.1 Å². The summed E-state index contributed by atoms with van der Waals surface area (Å²) in [6, 6.07) is 6.45. The number of ether oxygens (including phenoxy) is 1. The third kappa shape index (κ3) is 5.88. The maximum absolute atomic E-state index is 13.1. The molecule has 1 unspecified atom stereocenters. The first-order chi connectivity index (χ1) is 11.5. The Balaban J connectivity index is 0.00000312. The Hall–Kier alpha value is -2.38. The van der Waals surface area contributed by atoms with Crippen molar-refractivity contribution in [2.24, 2.45) is 5.73 Å². The number of halogens is 2. The van der Waals surface area contributed by atoms with E-state index in [1.165, 1.54) is 36.6 Å². The van der Waals surface area contributed by atoms with E-state index in [1.807, 2.05) is 0 Å². The summed E-state index contributed by atoms with van der Waals surface area (Å²) in [4.78, 5) is 24.1. The van der Waals surface area contributed by atoms with Crippen LogP contribution in [0.15, 0.2) is 41.0 Å². The molecule has 6 nitrogen and oxygen atoms in total. The monoisotopic (exact) mass is 370 g/mol. The van der Waals surface area contributed by atoms with E-state index < -0.39 is 23.7 Å². The highest BCUT2D eigenvalue weighted by Gasteiger charge is 2.21. The predicted molar refractivity (Wildman–Crippen MR) is 91.7 cm³/mol. The van der Waals surface area contributed by atoms with Crippen LogP contribution in [0.25, 0.3) is 0 Å². The first kappa shape index (κ1) is 20.7. The van der Waals surface area contributed by atoms with Crippen LogP contribution in [0, 0.1) is 5.82 Å². The second kappa shape index (κ2) is 9.80. The summed E-state index contributed by atoms with van der Waals surface area (Å²) < 4.78 is 23.2. The van der Waals surface area contributed by atoms with Crippen LogP contribution in [0.5, 0.6) is 0 Å². The maximum Gasteiger partial charge on any atom is 0.308 e. The van der Waals surface area contributed by atoms with Crippen molar-refractivity contribution in [3.63, 3.8) is 0 Å². The maximum atomic E-state index is 13.1. The van der Waals surface area contributed by atoms with E-state index >= 15 is 0 Å². The molecule has 0 aliphatic rings. The number of esters is 1. The smallest absolute Gasteiger partial charge is 0.308 e. The molecule has 1 aromatic carbocycles. The minimum Gasteiger partial charge on any atom is -0.467 e. The van der Waals surface area contributed by atoms with E-state index in [1.54, 1.807) is 6.92 Å². The number of hydrogen-bond donors (Lipinski definition) is 2. The number of nitrogens with two attached hydrogens (primary N) is 1. The highest BCUT2D eigenvalue weighted by Crippen LogP contribution is 2.19. The number of rotatable bonds is 7. The summed E-state index contributed by atoms with van der Waals surface area (Å²) in [6.07, 6.45) is 1.23. The Kier molecular flexibility index (Phi) is 8.10. The summed E-state index contributed by atoms with van der Waals surface area (Å²) in [6.45, 7) is 2.12. The van der Waals surface area contributed by atoms with Gasteiger partial charge < -0.3 is 20.2 Å². The Bertz CT molecular complexity index is 703. The molecule has 3 N–H and O–H groups in total. The molecule has 0 saturated heterocycles. The molecule has 1 atom stereocenters. The van der Waals surface area contributed by atoms with Gasteiger partial charge >= 0.3 is 5.97 Å². The van der Waals surface area contributed by atoms with Crippen molar-refractivity contribution in [1.82, 2.24) is 5.32 Å². The van der Waals surface area contributed by atoms with Crippen LogP contribution >= 0.6 is 12.4 Å². The zero-order chi connectivity index (χ0) is 17.5. The van der Waals surface area contributed by atoms with Crippen molar-refractivity contribution in [3.05, 3.63) is 59.3 Å². The van der Waals surface area contributed by atoms with Crippen LogP contribution in [0.4, 0.5) is 4.39 Å². The van der Waals surface area contributed by atoms with Crippen LogP contribution in [0.1, 0.15) is 41.1 Å². The van der Waals surface area contributed by atoms with Crippen LogP contribution < -0.4 is 11.1 Å². The van der Waals surface area contributed by atoms with E-state index in [0.717, 1.165) is 0 Å². The van der Waals surface area contributed by atoms with E-state index in [2.05, 4.69) is 5.32 Å². The molecule has 8 heteroatoms. The standard InChI is InChI=1S/C17H19FN2O4.ClH/c1-2-23-16(21)8-15(11-3-5-13(18)6-4-11)20-17(22)12-7-14(9-19)24-10-12;/h3-7,10,15H,2,8-9,19H2,1H3,(H,20,22);1H. The van der Waals surface area contributed by atoms with E-state index in [-0.39, 0.29) is 32.0 Å². The zero-order valence-electron chi connectivity index (χ0n) is 13.7. The normalized spacial score (nSPS) is 11.3. The molecule has 1 amide bonds. The first-order valence-corrected chi connectivity index (χ1v) is 7.53. The molecule has 0 aliphatic heterocycles. The van der Waals surface area contributed by atoms with Crippen LogP contribution in [-0.4, -0.2) is 18.5 Å². The van der Waals surface area contributed by atoms with E-state index in [0.29, 0.717) is 16.9 Å². The van der Waals surface area contributed by atoms with Gasteiger partial charge in [0.15, 0.2) is 0 Å². The SMILES string of the molecule is CCOC(=O)CC(NC(=O)c1coc(CN)c1)c1ccc(F)cc1.Cl. The molecule has 0 bridgehead atoms. The Labute approximate surface area is 150 Å². The molecule has 1 aromatic heterocycles. The third-order valence-corrected chi connectivity index (χ3v) is 3.37. The van der Waals surface area contributed by atoms with Gasteiger partial charge in [0.25, 0.3) is 5.91 Å². The summed E-state index contributed by atoms with van der Waals surface area (Å²) in [5.41, 5.74) is 6.34. The minimum atomic E-state index is -0.645. The van der Waals surface area contributed by atoms with Crippen molar-refractivity contribution >= 4 is 24.3 Å². The molecule has 0 fully saturated rings. The zero-order valence-corrected chi connectivity index (χ0v) is 14.5. The number of furan rings is 1. The van der Waals surface area contributed by atoms with Gasteiger partial charge in [0.05, 0.1) is 31.2 Å². The predicted octanol–water partition coefficient (Wildman–Crippen LogP) is 2.72. The van der Waals surface area contributed by atoms with Gasteiger partial charge in [0, 0.05) is 0 Å². The highest BCUT2D eigenvalue weighted by atomic mass is 35.5. The van der Waals surface area contributed by atoms with E-state index in [9.17, 15) is 14.0 Å². The van der Waals surface area contributed by atoms with E-state index in [4.69, 9.17) is 14.9 Å². The van der Waals surface area contributed by atoms with Gasteiger partial charge in [-0.05, 0) is 30.7 Å². The summed E-state index contributed by atoms with van der Waals surface area (Å²) in [7, 11) is 0. The van der Waals surface area contributed by atoms with Crippen LogP contribution in [0.2, 0.25) is 0 Å². The second-order valence-electron chi connectivity index (χ2n) is 5.09. The quantitative estimate of drug-likeness (QED) is 0.731. The number of hydrogen-bond acceptors (Lipinski definition) is 5. The summed E-state index contributed by atoms with van der Waals surface area (Å²) in [5.74, 6) is -0.801. The number of carbonyl (C=O) groups is 2. The minimum absolute atomic E-state index is 0. The summed E-state index contributed by atoms with van der Waals surface area (Å²) >= 11 is 0. The van der Waals surface area contributed by atoms with Gasteiger partial charge in [-0.15, -0.1) is 12.4 Å². The van der Waals surface area contributed by atoms with Crippen molar-refractivity contribution in [2.75, 3.05) is 6.61 Å². The molecular formula is C17H20ClFN2O4. The second-order valence-corrected chi connectivity index (χ2v) is 5.09. The number of nitrogens with one attached hydrogen (secondary N) is 1. The van der Waals surface area contributed by atoms with Gasteiger partial charge in [-0.25, -0.2) is 4.39 Å². The van der Waals surface area contributed by atoms with Crippen LogP contribution in [0.3, 0.4) is 0 Å². The third-order valence-electron chi connectivity index (χ3n) is 3.37. The summed E-state index contributed by atoms with van der Waals surface area (Å²) in [5, 5.41) is 2.73. The van der Waals surface area contributed by atoms with Crippen molar-refractivity contribution in [2.45, 2.75) is 25.9 Å². The average Bonchev–Trinajstić information content (AvgIpc) is 3.04. The molecule has 25 heavy (non-hydrogen) atoms. The largest absolute Gasteiger partial charge is 0.467 e. The molecule has 2 rings (SSSR count). The lowest BCUT2D eigenvalue weighted by atomic mass is 10.0. The van der Waals surface area contributed by atoms with Gasteiger partial charge in [-0.1, -0.05) is 12.1 Å². The van der Waals surface area contributed by atoms with Gasteiger partial charge in [0.2, 0.25) is 0 Å². The lowest BCUT2D eigenvalue weighted by Gasteiger charge is -2.18. The molecule has 1 heterocycles. The molecular weight excluding hydrogens is 351 g/mol. The fourth-order valence-electron chi connectivity index (χ4n) is 2.18. The molecule has 2 aromatic rings. The van der Waals surface area contributed by atoms with Gasteiger partial charge in [-0.2, -0.15) is 0 Å². The molecule has 136 valence electrons. The number of benzene rings is 1. The van der Waals surface area contributed by atoms with Gasteiger partial charge in [-0.3, -0.25) is 9.59 Å². The fourth-order valence-corrected chi connectivity index (χ4v) is 2.18. The lowest BCUT2D eigenvalue weighted by molar-refractivity contribution is -0.143. The Morgan fingerprint density at radius 1 is 1.32 bits per heavy atom. The Morgan fingerprint density at radius 2 is 2.00 bits per heavy atom. The lowest BCUT2D eigenvalue weighted by Crippen LogP contribution is -2.30. The van der Waals surface area contributed by atoms with Gasteiger partial charge in [0.1, 0.15) is 17.8 Å². The molecule has 0 saturated carbocycles. The van der Waals surface area contributed by atoms with Crippen molar-refractivity contribution in [3.8, 4) is 0 Å². The Morgan fingerprint density at radius 3 is 2.56 bits per heavy atom. The van der Waals surface area contributed by atoms with Crippen molar-refractivity contribution < 1.29 is 23.1 Å². The fraction of sp³-hybridized carbons (Fsp3) is 0.294. The molecule has 0 radical (unpaired) electrons. The highest BCUT2D eigenvalue weighted by molar-refractivity contribution is 5.94. The first-order valence-electron chi connectivity index (χ1n) is 7.53. The topological polar surface area (TPSA) is 94.6 Å². The average molecular weight is 371 g/mol.